The van der Waals surface area contributed by atoms with Crippen LogP contribution in [0.2, 0.25) is 0 Å². The van der Waals surface area contributed by atoms with Crippen molar-refractivity contribution in [1.29, 1.82) is 0 Å². The van der Waals surface area contributed by atoms with Crippen molar-refractivity contribution in [1.82, 2.24) is 4.90 Å². The maximum absolute atomic E-state index is 10.6. The molecule has 1 aliphatic heterocycles. The SMILES string of the molecule is Nc1ccc([N+](=O)[O-])cc1OCCN1CCCC1. The number of likely N-dealkylation sites (tertiary alicyclic amines) is 1. The van der Waals surface area contributed by atoms with Crippen LogP contribution in [0.15, 0.2) is 18.2 Å². The zero-order chi connectivity index (χ0) is 13.0. The Balaban J connectivity index is 1.91. The number of rotatable bonds is 5. The van der Waals surface area contributed by atoms with Gasteiger partial charge in [0.25, 0.3) is 5.69 Å². The van der Waals surface area contributed by atoms with E-state index in [4.69, 9.17) is 10.5 Å². The van der Waals surface area contributed by atoms with E-state index in [1.54, 1.807) is 0 Å². The molecule has 1 heterocycles. The number of hydrogen-bond donors (Lipinski definition) is 1. The lowest BCUT2D eigenvalue weighted by Crippen LogP contribution is -2.25. The third-order valence-electron chi connectivity index (χ3n) is 3.07. The molecule has 0 aliphatic carbocycles. The number of benzene rings is 1. The summed E-state index contributed by atoms with van der Waals surface area (Å²) in [6.07, 6.45) is 2.47. The van der Waals surface area contributed by atoms with Gasteiger partial charge in [-0.3, -0.25) is 15.0 Å². The van der Waals surface area contributed by atoms with Gasteiger partial charge in [0.05, 0.1) is 16.7 Å². The van der Waals surface area contributed by atoms with E-state index < -0.39 is 4.92 Å². The lowest BCUT2D eigenvalue weighted by Gasteiger charge is -2.15. The first kappa shape index (κ1) is 12.6. The van der Waals surface area contributed by atoms with Crippen molar-refractivity contribution in [3.05, 3.63) is 28.3 Å². The standard InChI is InChI=1S/C12H17N3O3/c13-11-4-3-10(15(16)17)9-12(11)18-8-7-14-5-1-2-6-14/h3-4,9H,1-2,5-8,13H2. The molecule has 0 spiro atoms. The van der Waals surface area contributed by atoms with Crippen molar-refractivity contribution in [2.24, 2.45) is 0 Å². The molecule has 1 fully saturated rings. The number of non-ortho nitro benzene ring substituents is 1. The molecule has 0 aromatic heterocycles. The van der Waals surface area contributed by atoms with Gasteiger partial charge in [-0.05, 0) is 32.0 Å². The number of nitro benzene ring substituents is 1. The Bertz CT molecular complexity index is 431. The molecule has 98 valence electrons. The fraction of sp³-hybridized carbons (Fsp3) is 0.500. The number of anilines is 1. The Hall–Kier alpha value is -1.82. The van der Waals surface area contributed by atoms with Gasteiger partial charge in [-0.15, -0.1) is 0 Å². The van der Waals surface area contributed by atoms with E-state index in [1.807, 2.05) is 0 Å². The van der Waals surface area contributed by atoms with Gasteiger partial charge >= 0.3 is 0 Å². The third-order valence-corrected chi connectivity index (χ3v) is 3.07. The van der Waals surface area contributed by atoms with E-state index in [9.17, 15) is 10.1 Å². The second-order valence-corrected chi connectivity index (χ2v) is 4.38. The summed E-state index contributed by atoms with van der Waals surface area (Å²) in [5.74, 6) is 0.392. The lowest BCUT2D eigenvalue weighted by atomic mass is 10.2. The van der Waals surface area contributed by atoms with E-state index in [1.165, 1.54) is 31.0 Å². The second kappa shape index (κ2) is 5.68. The molecule has 1 saturated heterocycles. The number of ether oxygens (including phenoxy) is 1. The van der Waals surface area contributed by atoms with E-state index in [0.29, 0.717) is 18.0 Å². The molecule has 1 aromatic rings. The van der Waals surface area contributed by atoms with Crippen molar-refractivity contribution < 1.29 is 9.66 Å². The quantitative estimate of drug-likeness (QED) is 0.489. The molecule has 6 heteroatoms. The Morgan fingerprint density at radius 3 is 2.78 bits per heavy atom. The summed E-state index contributed by atoms with van der Waals surface area (Å²) in [6.45, 7) is 3.55. The van der Waals surface area contributed by atoms with Crippen molar-refractivity contribution in [3.8, 4) is 5.75 Å². The van der Waals surface area contributed by atoms with E-state index in [-0.39, 0.29) is 5.69 Å². The molecule has 6 nitrogen and oxygen atoms in total. The third kappa shape index (κ3) is 3.10. The monoisotopic (exact) mass is 251 g/mol. The highest BCUT2D eigenvalue weighted by molar-refractivity contribution is 5.57. The van der Waals surface area contributed by atoms with Crippen LogP contribution in [0.1, 0.15) is 12.8 Å². The Kier molecular flexibility index (Phi) is 3.99. The van der Waals surface area contributed by atoms with Crippen LogP contribution >= 0.6 is 0 Å². The fourth-order valence-electron chi connectivity index (χ4n) is 2.05. The average molecular weight is 251 g/mol. The average Bonchev–Trinajstić information content (AvgIpc) is 2.84. The van der Waals surface area contributed by atoms with Crippen molar-refractivity contribution in [2.75, 3.05) is 32.0 Å². The minimum Gasteiger partial charge on any atom is -0.490 e. The topological polar surface area (TPSA) is 81.6 Å². The zero-order valence-electron chi connectivity index (χ0n) is 10.2. The van der Waals surface area contributed by atoms with E-state index >= 15 is 0 Å². The van der Waals surface area contributed by atoms with Crippen LogP contribution < -0.4 is 10.5 Å². The number of nitrogens with two attached hydrogens (primary N) is 1. The summed E-state index contributed by atoms with van der Waals surface area (Å²) in [5.41, 5.74) is 6.16. The highest BCUT2D eigenvalue weighted by Crippen LogP contribution is 2.26. The summed E-state index contributed by atoms with van der Waals surface area (Å²) in [7, 11) is 0. The minimum absolute atomic E-state index is 0.000345. The van der Waals surface area contributed by atoms with E-state index in [0.717, 1.165) is 19.6 Å². The number of hydrogen-bond acceptors (Lipinski definition) is 5. The van der Waals surface area contributed by atoms with Gasteiger partial charge in [-0.25, -0.2) is 0 Å². The Morgan fingerprint density at radius 1 is 1.39 bits per heavy atom. The predicted octanol–water partition coefficient (Wildman–Crippen LogP) is 1.65. The van der Waals surface area contributed by atoms with Crippen LogP contribution in [0.3, 0.4) is 0 Å². The van der Waals surface area contributed by atoms with Crippen molar-refractivity contribution in [2.45, 2.75) is 12.8 Å². The van der Waals surface area contributed by atoms with Crippen LogP contribution in [0.4, 0.5) is 11.4 Å². The van der Waals surface area contributed by atoms with E-state index in [2.05, 4.69) is 4.90 Å². The molecule has 0 atom stereocenters. The normalized spacial score (nSPS) is 15.8. The second-order valence-electron chi connectivity index (χ2n) is 4.38. The Morgan fingerprint density at radius 2 is 2.11 bits per heavy atom. The molecule has 2 rings (SSSR count). The number of nitro groups is 1. The maximum Gasteiger partial charge on any atom is 0.273 e. The van der Waals surface area contributed by atoms with Gasteiger partial charge in [0.15, 0.2) is 0 Å². The zero-order valence-corrected chi connectivity index (χ0v) is 10.2. The molecule has 0 amide bonds. The van der Waals surface area contributed by atoms with Crippen LogP contribution in [-0.4, -0.2) is 36.1 Å². The molecular formula is C12H17N3O3. The Labute approximate surface area is 105 Å². The predicted molar refractivity (Wildman–Crippen MR) is 68.7 cm³/mol. The van der Waals surface area contributed by atoms with Crippen molar-refractivity contribution >= 4 is 11.4 Å². The molecule has 1 aromatic carbocycles. The van der Waals surface area contributed by atoms with Gasteiger partial charge < -0.3 is 10.5 Å². The first-order chi connectivity index (χ1) is 8.66. The van der Waals surface area contributed by atoms with Gasteiger partial charge in [0.1, 0.15) is 12.4 Å². The van der Waals surface area contributed by atoms with Crippen LogP contribution in [0.25, 0.3) is 0 Å². The first-order valence-electron chi connectivity index (χ1n) is 6.06. The number of nitrogens with zero attached hydrogens (tertiary/aromatic N) is 2. The summed E-state index contributed by atoms with van der Waals surface area (Å²) in [6, 6.07) is 4.26. The largest absolute Gasteiger partial charge is 0.490 e. The molecule has 2 N–H and O–H groups in total. The molecule has 0 unspecified atom stereocenters. The molecular weight excluding hydrogens is 234 g/mol. The van der Waals surface area contributed by atoms with Gasteiger partial charge in [0.2, 0.25) is 0 Å². The summed E-state index contributed by atoms with van der Waals surface area (Å²) in [4.78, 5) is 12.5. The lowest BCUT2D eigenvalue weighted by molar-refractivity contribution is -0.384. The molecule has 18 heavy (non-hydrogen) atoms. The first-order valence-corrected chi connectivity index (χ1v) is 6.06. The smallest absolute Gasteiger partial charge is 0.273 e. The summed E-state index contributed by atoms with van der Waals surface area (Å²) >= 11 is 0. The fourth-order valence-corrected chi connectivity index (χ4v) is 2.05. The van der Waals surface area contributed by atoms with Crippen LogP contribution in [0.5, 0.6) is 5.75 Å². The minimum atomic E-state index is -0.452. The van der Waals surface area contributed by atoms with Gasteiger partial charge in [-0.2, -0.15) is 0 Å². The molecule has 0 radical (unpaired) electrons. The molecule has 0 saturated carbocycles. The number of nitrogen functional groups attached to an aromatic ring is 1. The van der Waals surface area contributed by atoms with Crippen molar-refractivity contribution in [3.63, 3.8) is 0 Å². The maximum atomic E-state index is 10.6. The van der Waals surface area contributed by atoms with Gasteiger partial charge in [-0.1, -0.05) is 0 Å². The van der Waals surface area contributed by atoms with Crippen LogP contribution in [-0.2, 0) is 0 Å². The summed E-state index contributed by atoms with van der Waals surface area (Å²) in [5, 5.41) is 10.6. The van der Waals surface area contributed by atoms with Crippen LogP contribution in [0, 0.1) is 10.1 Å². The summed E-state index contributed by atoms with van der Waals surface area (Å²) < 4.78 is 5.52. The van der Waals surface area contributed by atoms with Gasteiger partial charge in [0, 0.05) is 12.6 Å². The highest BCUT2D eigenvalue weighted by Gasteiger charge is 2.13. The molecule has 1 aliphatic rings. The molecule has 0 bridgehead atoms. The highest BCUT2D eigenvalue weighted by atomic mass is 16.6.